The summed E-state index contributed by atoms with van der Waals surface area (Å²) in [6, 6.07) is 8.46. The smallest absolute Gasteiger partial charge is 0.258 e. The first-order valence-electron chi connectivity index (χ1n) is 5.99. The summed E-state index contributed by atoms with van der Waals surface area (Å²) in [4.78, 5) is 24.8. The van der Waals surface area contributed by atoms with Crippen LogP contribution in [0.15, 0.2) is 30.3 Å². The highest BCUT2D eigenvalue weighted by Crippen LogP contribution is 2.31. The van der Waals surface area contributed by atoms with E-state index in [0.717, 1.165) is 17.0 Å². The largest absolute Gasteiger partial charge is 0.322 e. The highest BCUT2D eigenvalue weighted by atomic mass is 35.5. The SMILES string of the molecule is CC(=O)N(C)c1ccc(NC(=O)c2cc(Cl)sc2Cl)cc1. The molecule has 1 heterocycles. The Morgan fingerprint density at radius 2 is 1.81 bits per heavy atom. The Morgan fingerprint density at radius 3 is 2.29 bits per heavy atom. The first-order chi connectivity index (χ1) is 9.88. The zero-order valence-corrected chi connectivity index (χ0v) is 13.6. The number of amides is 2. The van der Waals surface area contributed by atoms with Crippen molar-refractivity contribution >= 4 is 57.7 Å². The fourth-order valence-electron chi connectivity index (χ4n) is 1.64. The van der Waals surface area contributed by atoms with Gasteiger partial charge in [-0.3, -0.25) is 9.59 Å². The lowest BCUT2D eigenvalue weighted by Crippen LogP contribution is -2.22. The molecule has 110 valence electrons. The molecule has 0 aliphatic rings. The second kappa shape index (κ2) is 6.47. The average molecular weight is 343 g/mol. The molecule has 1 N–H and O–H groups in total. The van der Waals surface area contributed by atoms with Gasteiger partial charge in [0.05, 0.1) is 9.90 Å². The van der Waals surface area contributed by atoms with Crippen LogP contribution in [0.4, 0.5) is 11.4 Å². The first-order valence-corrected chi connectivity index (χ1v) is 7.56. The first kappa shape index (κ1) is 15.8. The van der Waals surface area contributed by atoms with Gasteiger partial charge >= 0.3 is 0 Å². The van der Waals surface area contributed by atoms with E-state index in [9.17, 15) is 9.59 Å². The molecule has 2 rings (SSSR count). The molecule has 2 aromatic rings. The molecule has 4 nitrogen and oxygen atoms in total. The normalized spacial score (nSPS) is 10.3. The van der Waals surface area contributed by atoms with Crippen molar-refractivity contribution in [1.82, 2.24) is 0 Å². The predicted molar refractivity (Wildman–Crippen MR) is 87.8 cm³/mol. The van der Waals surface area contributed by atoms with Crippen LogP contribution in [0.25, 0.3) is 0 Å². The fraction of sp³-hybridized carbons (Fsp3) is 0.143. The van der Waals surface area contributed by atoms with Crippen molar-refractivity contribution in [2.75, 3.05) is 17.3 Å². The minimum atomic E-state index is -0.323. The second-order valence-electron chi connectivity index (χ2n) is 4.32. The van der Waals surface area contributed by atoms with Gasteiger partial charge in [-0.1, -0.05) is 23.2 Å². The van der Waals surface area contributed by atoms with Crippen LogP contribution in [0.5, 0.6) is 0 Å². The summed E-state index contributed by atoms with van der Waals surface area (Å²) >= 11 is 12.9. The Morgan fingerprint density at radius 1 is 1.19 bits per heavy atom. The molecule has 21 heavy (non-hydrogen) atoms. The summed E-state index contributed by atoms with van der Waals surface area (Å²) in [5.74, 6) is -0.387. The van der Waals surface area contributed by atoms with Gasteiger partial charge in [0.15, 0.2) is 0 Å². The van der Waals surface area contributed by atoms with Gasteiger partial charge in [-0.05, 0) is 30.3 Å². The lowest BCUT2D eigenvalue weighted by Gasteiger charge is -2.15. The average Bonchev–Trinajstić information content (AvgIpc) is 2.77. The zero-order valence-electron chi connectivity index (χ0n) is 11.3. The molecular weight excluding hydrogens is 331 g/mol. The molecule has 0 saturated heterocycles. The monoisotopic (exact) mass is 342 g/mol. The van der Waals surface area contributed by atoms with Crippen LogP contribution in [-0.2, 0) is 4.79 Å². The van der Waals surface area contributed by atoms with Crippen LogP contribution in [0.2, 0.25) is 8.67 Å². The summed E-state index contributed by atoms with van der Waals surface area (Å²) in [5, 5.41) is 2.73. The number of nitrogens with one attached hydrogen (secondary N) is 1. The van der Waals surface area contributed by atoms with Crippen LogP contribution < -0.4 is 10.2 Å². The van der Waals surface area contributed by atoms with Gasteiger partial charge in [-0.2, -0.15) is 0 Å². The number of hydrogen-bond acceptors (Lipinski definition) is 3. The topological polar surface area (TPSA) is 49.4 Å². The van der Waals surface area contributed by atoms with Gasteiger partial charge in [0, 0.05) is 25.3 Å². The number of anilines is 2. The number of carbonyl (C=O) groups excluding carboxylic acids is 2. The Hall–Kier alpha value is -1.56. The standard InChI is InChI=1S/C14H12Cl2N2O2S/c1-8(19)18(2)10-5-3-9(4-6-10)17-14(20)11-7-12(15)21-13(11)16/h3-7H,1-2H3,(H,17,20). The molecule has 0 aliphatic carbocycles. The van der Waals surface area contributed by atoms with E-state index >= 15 is 0 Å². The minimum Gasteiger partial charge on any atom is -0.322 e. The fourth-order valence-corrected chi connectivity index (χ4v) is 3.10. The molecule has 0 atom stereocenters. The summed E-state index contributed by atoms with van der Waals surface area (Å²) in [7, 11) is 1.68. The predicted octanol–water partition coefficient (Wildman–Crippen LogP) is 4.29. The Balaban J connectivity index is 2.12. The molecule has 0 unspecified atom stereocenters. The maximum absolute atomic E-state index is 12.1. The summed E-state index contributed by atoms with van der Waals surface area (Å²) < 4.78 is 0.814. The number of carbonyl (C=O) groups is 2. The minimum absolute atomic E-state index is 0.0634. The van der Waals surface area contributed by atoms with E-state index < -0.39 is 0 Å². The number of halogens is 2. The van der Waals surface area contributed by atoms with Crippen LogP contribution in [-0.4, -0.2) is 18.9 Å². The molecule has 0 bridgehead atoms. The Bertz CT molecular complexity index is 683. The van der Waals surface area contributed by atoms with Crippen molar-refractivity contribution in [3.05, 3.63) is 44.6 Å². The summed E-state index contributed by atoms with van der Waals surface area (Å²) in [5.41, 5.74) is 1.70. The number of thiophene rings is 1. The second-order valence-corrected chi connectivity index (χ2v) is 6.60. The van der Waals surface area contributed by atoms with E-state index in [-0.39, 0.29) is 11.8 Å². The van der Waals surface area contributed by atoms with Crippen molar-refractivity contribution in [3.8, 4) is 0 Å². The molecular formula is C14H12Cl2N2O2S. The van der Waals surface area contributed by atoms with Gasteiger partial charge in [0.25, 0.3) is 5.91 Å². The molecule has 7 heteroatoms. The highest BCUT2D eigenvalue weighted by molar-refractivity contribution is 7.20. The molecule has 0 aliphatic heterocycles. The molecule has 2 amide bonds. The van der Waals surface area contributed by atoms with Gasteiger partial charge in [-0.15, -0.1) is 11.3 Å². The van der Waals surface area contributed by atoms with E-state index in [1.165, 1.54) is 17.9 Å². The third-order valence-electron chi connectivity index (χ3n) is 2.89. The number of nitrogens with zero attached hydrogens (tertiary/aromatic N) is 1. The maximum Gasteiger partial charge on any atom is 0.258 e. The van der Waals surface area contributed by atoms with E-state index in [0.29, 0.717) is 19.9 Å². The maximum atomic E-state index is 12.1. The van der Waals surface area contributed by atoms with Crippen molar-refractivity contribution in [2.24, 2.45) is 0 Å². The Labute approximate surface area is 136 Å². The molecule has 1 aromatic carbocycles. The van der Waals surface area contributed by atoms with E-state index in [1.54, 1.807) is 31.3 Å². The summed E-state index contributed by atoms with van der Waals surface area (Å²) in [6.07, 6.45) is 0. The van der Waals surface area contributed by atoms with E-state index in [1.807, 2.05) is 0 Å². The van der Waals surface area contributed by atoms with Crippen molar-refractivity contribution in [2.45, 2.75) is 6.92 Å². The number of benzene rings is 1. The lowest BCUT2D eigenvalue weighted by atomic mass is 10.2. The number of hydrogen-bond donors (Lipinski definition) is 1. The van der Waals surface area contributed by atoms with Gasteiger partial charge < -0.3 is 10.2 Å². The molecule has 0 saturated carbocycles. The van der Waals surface area contributed by atoms with Crippen LogP contribution >= 0.6 is 34.5 Å². The summed E-state index contributed by atoms with van der Waals surface area (Å²) in [6.45, 7) is 1.48. The van der Waals surface area contributed by atoms with E-state index in [4.69, 9.17) is 23.2 Å². The zero-order chi connectivity index (χ0) is 15.6. The van der Waals surface area contributed by atoms with Crippen LogP contribution in [0.3, 0.4) is 0 Å². The van der Waals surface area contributed by atoms with Gasteiger partial charge in [0.2, 0.25) is 5.91 Å². The van der Waals surface area contributed by atoms with E-state index in [2.05, 4.69) is 5.32 Å². The molecule has 0 fully saturated rings. The highest BCUT2D eigenvalue weighted by Gasteiger charge is 2.14. The van der Waals surface area contributed by atoms with Crippen molar-refractivity contribution in [3.63, 3.8) is 0 Å². The number of rotatable bonds is 3. The van der Waals surface area contributed by atoms with Gasteiger partial charge in [0.1, 0.15) is 4.34 Å². The van der Waals surface area contributed by atoms with Gasteiger partial charge in [-0.25, -0.2) is 0 Å². The van der Waals surface area contributed by atoms with Crippen LogP contribution in [0.1, 0.15) is 17.3 Å². The van der Waals surface area contributed by atoms with Crippen molar-refractivity contribution < 1.29 is 9.59 Å². The lowest BCUT2D eigenvalue weighted by molar-refractivity contribution is -0.116. The Kier molecular flexibility index (Phi) is 4.88. The van der Waals surface area contributed by atoms with Crippen molar-refractivity contribution in [1.29, 1.82) is 0 Å². The molecule has 1 aromatic heterocycles. The third-order valence-corrected chi connectivity index (χ3v) is 4.37. The molecule has 0 spiro atoms. The quantitative estimate of drug-likeness (QED) is 0.904. The molecule has 0 radical (unpaired) electrons. The third kappa shape index (κ3) is 3.75. The van der Waals surface area contributed by atoms with Crippen LogP contribution in [0, 0.1) is 0 Å².